The zero-order chi connectivity index (χ0) is 20.6. The Balaban J connectivity index is 1.48. The lowest BCUT2D eigenvalue weighted by Gasteiger charge is -2.29. The number of hydrogen-bond acceptors (Lipinski definition) is 4. The second-order valence-corrected chi connectivity index (χ2v) is 10.4. The highest BCUT2D eigenvalue weighted by Gasteiger charge is 2.33. The van der Waals surface area contributed by atoms with Crippen molar-refractivity contribution in [2.75, 3.05) is 19.7 Å². The van der Waals surface area contributed by atoms with Crippen LogP contribution in [0.2, 0.25) is 0 Å². The Morgan fingerprint density at radius 2 is 1.86 bits per heavy atom. The summed E-state index contributed by atoms with van der Waals surface area (Å²) in [6, 6.07) is 2.73. The van der Waals surface area contributed by atoms with Crippen LogP contribution in [0.15, 0.2) is 12.1 Å². The minimum Gasteiger partial charge on any atom is -0.493 e. The Bertz CT molecular complexity index is 873. The molecular weight excluding hydrogens is 395 g/mol. The monoisotopic (exact) mass is 424 g/mol. The van der Waals surface area contributed by atoms with Crippen molar-refractivity contribution in [1.82, 2.24) is 9.03 Å². The van der Waals surface area contributed by atoms with Gasteiger partial charge in [-0.1, -0.05) is 19.8 Å². The largest absolute Gasteiger partial charge is 0.493 e. The second kappa shape index (κ2) is 8.22. The molecule has 0 bridgehead atoms. The van der Waals surface area contributed by atoms with E-state index in [0.29, 0.717) is 31.4 Å². The van der Waals surface area contributed by atoms with Crippen molar-refractivity contribution in [1.29, 1.82) is 0 Å². The summed E-state index contributed by atoms with van der Waals surface area (Å²) in [5, 5.41) is 0. The number of carbonyl (C=O) groups excluding carboxylic acids is 1. The molecule has 1 amide bonds. The van der Waals surface area contributed by atoms with Crippen LogP contribution < -0.4 is 9.46 Å². The number of rotatable bonds is 7. The van der Waals surface area contributed by atoms with Crippen LogP contribution in [-0.2, 0) is 10.2 Å². The fraction of sp³-hybridized carbons (Fsp3) is 0.667. The van der Waals surface area contributed by atoms with Gasteiger partial charge in [-0.2, -0.15) is 12.7 Å². The van der Waals surface area contributed by atoms with Crippen LogP contribution in [0.25, 0.3) is 0 Å². The van der Waals surface area contributed by atoms with E-state index in [9.17, 15) is 17.6 Å². The number of halogens is 1. The summed E-state index contributed by atoms with van der Waals surface area (Å²) < 4.78 is 48.2. The third kappa shape index (κ3) is 4.74. The molecule has 8 heteroatoms. The summed E-state index contributed by atoms with van der Waals surface area (Å²) in [5.41, 5.74) is 0.567. The van der Waals surface area contributed by atoms with Crippen LogP contribution >= 0.6 is 0 Å². The molecule has 0 radical (unpaired) electrons. The van der Waals surface area contributed by atoms with Gasteiger partial charge in [-0.25, -0.2) is 9.11 Å². The first-order valence-electron chi connectivity index (χ1n) is 10.6. The lowest BCUT2D eigenvalue weighted by Crippen LogP contribution is -2.49. The number of carbonyl (C=O) groups is 1. The van der Waals surface area contributed by atoms with Gasteiger partial charge in [0.25, 0.3) is 5.91 Å². The number of nitrogens with zero attached hydrogens (tertiary/aromatic N) is 1. The van der Waals surface area contributed by atoms with Gasteiger partial charge in [-0.3, -0.25) is 4.79 Å². The SMILES string of the molecule is C[C@H]1CC[C@@H](COc2cc(F)c(C(=O)NS(=O)(=O)N3CCC3)cc2C2CC2)CC1. The number of amides is 1. The van der Waals surface area contributed by atoms with E-state index in [-0.39, 0.29) is 11.5 Å². The molecule has 0 unspecified atom stereocenters. The van der Waals surface area contributed by atoms with Gasteiger partial charge >= 0.3 is 10.2 Å². The van der Waals surface area contributed by atoms with Gasteiger partial charge in [0.05, 0.1) is 12.2 Å². The zero-order valence-corrected chi connectivity index (χ0v) is 17.6. The Morgan fingerprint density at radius 1 is 1.17 bits per heavy atom. The molecule has 1 aliphatic heterocycles. The van der Waals surface area contributed by atoms with E-state index < -0.39 is 21.9 Å². The number of hydrogen-bond donors (Lipinski definition) is 1. The normalized spacial score (nSPS) is 25.3. The predicted octanol–water partition coefficient (Wildman–Crippen LogP) is 3.59. The first-order valence-corrected chi connectivity index (χ1v) is 12.1. The predicted molar refractivity (Wildman–Crippen MR) is 108 cm³/mol. The second-order valence-electron chi connectivity index (χ2n) is 8.77. The molecule has 4 rings (SSSR count). The van der Waals surface area contributed by atoms with Crippen molar-refractivity contribution >= 4 is 16.1 Å². The first kappa shape index (κ1) is 20.6. The minimum atomic E-state index is -3.91. The van der Waals surface area contributed by atoms with Crippen LogP contribution in [0.3, 0.4) is 0 Å². The van der Waals surface area contributed by atoms with Gasteiger partial charge in [0, 0.05) is 19.2 Å². The van der Waals surface area contributed by atoms with E-state index in [4.69, 9.17) is 4.74 Å². The average molecular weight is 425 g/mol. The molecule has 1 aromatic carbocycles. The van der Waals surface area contributed by atoms with E-state index in [0.717, 1.165) is 43.6 Å². The standard InChI is InChI=1S/C21H29FN2O4S/c1-14-3-5-15(6-4-14)13-28-20-12-19(22)18(11-17(20)16-7-8-16)21(25)23-29(26,27)24-9-2-10-24/h11-12,14-16H,2-10,13H2,1H3,(H,23,25)/t14-,15+. The molecule has 6 nitrogen and oxygen atoms in total. The molecule has 2 aliphatic carbocycles. The Kier molecular flexibility index (Phi) is 5.84. The minimum absolute atomic E-state index is 0.241. The highest BCUT2D eigenvalue weighted by molar-refractivity contribution is 7.87. The van der Waals surface area contributed by atoms with Crippen molar-refractivity contribution < 1.29 is 22.3 Å². The van der Waals surface area contributed by atoms with Gasteiger partial charge in [0.2, 0.25) is 0 Å². The van der Waals surface area contributed by atoms with Crippen molar-refractivity contribution in [2.24, 2.45) is 11.8 Å². The maximum Gasteiger partial charge on any atom is 0.304 e. The molecule has 2 saturated carbocycles. The molecule has 1 heterocycles. The molecule has 1 aromatic rings. The Labute approximate surface area is 172 Å². The van der Waals surface area contributed by atoms with Gasteiger partial charge in [-0.05, 0) is 61.5 Å². The first-order chi connectivity index (χ1) is 13.8. The highest BCUT2D eigenvalue weighted by Crippen LogP contribution is 2.45. The van der Waals surface area contributed by atoms with Crippen molar-refractivity contribution in [2.45, 2.75) is 57.8 Å². The average Bonchev–Trinajstić information content (AvgIpc) is 3.43. The smallest absolute Gasteiger partial charge is 0.304 e. The molecule has 0 atom stereocenters. The van der Waals surface area contributed by atoms with Crippen molar-refractivity contribution in [3.63, 3.8) is 0 Å². The van der Waals surface area contributed by atoms with E-state index >= 15 is 0 Å². The summed E-state index contributed by atoms with van der Waals surface area (Å²) >= 11 is 0. The van der Waals surface area contributed by atoms with Gasteiger partial charge < -0.3 is 4.74 Å². The number of benzene rings is 1. The summed E-state index contributed by atoms with van der Waals surface area (Å²) in [7, 11) is -3.91. The zero-order valence-electron chi connectivity index (χ0n) is 16.8. The quantitative estimate of drug-likeness (QED) is 0.726. The summed E-state index contributed by atoms with van der Waals surface area (Å²) in [6.45, 7) is 3.58. The van der Waals surface area contributed by atoms with Crippen LogP contribution in [0, 0.1) is 17.7 Å². The van der Waals surface area contributed by atoms with E-state index in [2.05, 4.69) is 6.92 Å². The van der Waals surface area contributed by atoms with Crippen molar-refractivity contribution in [3.8, 4) is 5.75 Å². The lowest BCUT2D eigenvalue weighted by molar-refractivity contribution is 0.0973. The van der Waals surface area contributed by atoms with Gasteiger partial charge in [0.15, 0.2) is 0 Å². The molecule has 1 saturated heterocycles. The van der Waals surface area contributed by atoms with Crippen LogP contribution in [0.1, 0.15) is 73.7 Å². The highest BCUT2D eigenvalue weighted by atomic mass is 32.2. The summed E-state index contributed by atoms with van der Waals surface area (Å²) in [5.74, 6) is 0.297. The van der Waals surface area contributed by atoms with Crippen molar-refractivity contribution in [3.05, 3.63) is 29.1 Å². The molecular formula is C21H29FN2O4S. The summed E-state index contributed by atoms with van der Waals surface area (Å²) in [6.07, 6.45) is 7.34. The molecule has 3 fully saturated rings. The fourth-order valence-electron chi connectivity index (χ4n) is 4.05. The molecule has 160 valence electrons. The Hall–Kier alpha value is -1.67. The molecule has 29 heavy (non-hydrogen) atoms. The third-order valence-electron chi connectivity index (χ3n) is 6.35. The van der Waals surface area contributed by atoms with Crippen LogP contribution in [0.5, 0.6) is 5.75 Å². The molecule has 3 aliphatic rings. The molecule has 1 N–H and O–H groups in total. The topological polar surface area (TPSA) is 75.7 Å². The lowest BCUT2D eigenvalue weighted by atomic mass is 9.83. The number of nitrogens with one attached hydrogen (secondary N) is 1. The van der Waals surface area contributed by atoms with Crippen LogP contribution in [0.4, 0.5) is 4.39 Å². The number of ether oxygens (including phenoxy) is 1. The van der Waals surface area contributed by atoms with E-state index in [1.807, 2.05) is 4.72 Å². The van der Waals surface area contributed by atoms with E-state index in [1.165, 1.54) is 29.3 Å². The maximum atomic E-state index is 14.7. The van der Waals surface area contributed by atoms with E-state index in [1.54, 1.807) is 0 Å². The molecule has 0 spiro atoms. The Morgan fingerprint density at radius 3 is 2.45 bits per heavy atom. The molecule has 0 aromatic heterocycles. The van der Waals surface area contributed by atoms with Gasteiger partial charge in [-0.15, -0.1) is 0 Å². The maximum absolute atomic E-state index is 14.7. The third-order valence-corrected chi connectivity index (χ3v) is 7.84. The van der Waals surface area contributed by atoms with Crippen LogP contribution in [-0.4, -0.2) is 38.3 Å². The summed E-state index contributed by atoms with van der Waals surface area (Å²) in [4.78, 5) is 12.5. The fourth-order valence-corrected chi connectivity index (χ4v) is 5.26. The van der Waals surface area contributed by atoms with Gasteiger partial charge in [0.1, 0.15) is 11.6 Å².